The summed E-state index contributed by atoms with van der Waals surface area (Å²) in [7, 11) is 2.11. The van der Waals surface area contributed by atoms with Gasteiger partial charge in [-0.1, -0.05) is 0 Å². The molecule has 0 saturated carbocycles. The van der Waals surface area contributed by atoms with Crippen LogP contribution in [0.1, 0.15) is 12.8 Å². The molecule has 80 valence electrons. The van der Waals surface area contributed by atoms with Crippen molar-refractivity contribution in [2.24, 2.45) is 5.92 Å². The summed E-state index contributed by atoms with van der Waals surface area (Å²) in [5.41, 5.74) is 0. The predicted molar refractivity (Wildman–Crippen MR) is 59.3 cm³/mol. The zero-order valence-corrected chi connectivity index (χ0v) is 9.55. The van der Waals surface area contributed by atoms with E-state index in [2.05, 4.69) is 11.9 Å². The van der Waals surface area contributed by atoms with Crippen molar-refractivity contribution < 1.29 is 4.79 Å². The minimum Gasteiger partial charge on any atom is -0.332 e. The number of carbonyl (C=O) groups excluding carboxylic acids is 1. The number of nitrogens with zero attached hydrogens (tertiary/aromatic N) is 2. The molecule has 0 spiro atoms. The highest BCUT2D eigenvalue weighted by Crippen LogP contribution is 2.21. The first-order valence-corrected chi connectivity index (χ1v) is 6.48. The van der Waals surface area contributed by atoms with Gasteiger partial charge in [0.15, 0.2) is 0 Å². The van der Waals surface area contributed by atoms with E-state index in [0.717, 1.165) is 37.7 Å². The van der Waals surface area contributed by atoms with Crippen LogP contribution in [0.15, 0.2) is 0 Å². The molecule has 2 saturated heterocycles. The lowest BCUT2D eigenvalue weighted by atomic mass is 9.97. The Morgan fingerprint density at radius 3 is 2.93 bits per heavy atom. The molecule has 0 bridgehead atoms. The highest BCUT2D eigenvalue weighted by molar-refractivity contribution is 7.99. The van der Waals surface area contributed by atoms with Crippen LogP contribution in [0.25, 0.3) is 0 Å². The molecule has 14 heavy (non-hydrogen) atoms. The van der Waals surface area contributed by atoms with Crippen LogP contribution >= 0.6 is 11.8 Å². The minimum absolute atomic E-state index is 0.271. The molecule has 2 aliphatic heterocycles. The van der Waals surface area contributed by atoms with Gasteiger partial charge in [0.25, 0.3) is 0 Å². The van der Waals surface area contributed by atoms with Gasteiger partial charge in [-0.25, -0.2) is 0 Å². The Hall–Kier alpha value is -0.220. The van der Waals surface area contributed by atoms with Gasteiger partial charge < -0.3 is 9.80 Å². The van der Waals surface area contributed by atoms with E-state index in [1.54, 1.807) is 0 Å². The van der Waals surface area contributed by atoms with Gasteiger partial charge in [-0.05, 0) is 26.4 Å². The second-order valence-corrected chi connectivity index (χ2v) is 5.32. The Kier molecular flexibility index (Phi) is 3.34. The maximum Gasteiger partial charge on any atom is 0.227 e. The summed E-state index contributed by atoms with van der Waals surface area (Å²) in [6.45, 7) is 3.07. The standard InChI is InChI=1S/C10H18N2OS/c1-11-4-2-3-9(7-11)10(13)12-5-6-14-8-12/h9H,2-8H2,1H3. The first kappa shape index (κ1) is 10.3. The second kappa shape index (κ2) is 4.53. The number of hydrogen-bond acceptors (Lipinski definition) is 3. The summed E-state index contributed by atoms with van der Waals surface area (Å²) >= 11 is 1.87. The fourth-order valence-electron chi connectivity index (χ4n) is 2.21. The number of amides is 1. The Balaban J connectivity index is 1.89. The maximum absolute atomic E-state index is 12.0. The summed E-state index contributed by atoms with van der Waals surface area (Å²) in [5.74, 6) is 2.70. The molecule has 2 fully saturated rings. The lowest BCUT2D eigenvalue weighted by Crippen LogP contribution is -2.42. The van der Waals surface area contributed by atoms with E-state index in [4.69, 9.17) is 0 Å². The molecule has 2 heterocycles. The predicted octanol–water partition coefficient (Wildman–Crippen LogP) is 0.861. The number of likely N-dealkylation sites (tertiary alicyclic amines) is 1. The second-order valence-electron chi connectivity index (χ2n) is 4.24. The van der Waals surface area contributed by atoms with Gasteiger partial charge in [-0.2, -0.15) is 0 Å². The van der Waals surface area contributed by atoms with Crippen molar-refractivity contribution in [3.63, 3.8) is 0 Å². The smallest absolute Gasteiger partial charge is 0.227 e. The molecule has 0 aromatic rings. The molecule has 1 atom stereocenters. The molecule has 0 aromatic carbocycles. The van der Waals surface area contributed by atoms with Gasteiger partial charge in [-0.15, -0.1) is 11.8 Å². The van der Waals surface area contributed by atoms with Crippen molar-refractivity contribution in [3.05, 3.63) is 0 Å². The molecule has 0 radical (unpaired) electrons. The Morgan fingerprint density at radius 2 is 2.29 bits per heavy atom. The molecule has 3 nitrogen and oxygen atoms in total. The Morgan fingerprint density at radius 1 is 1.43 bits per heavy atom. The van der Waals surface area contributed by atoms with Crippen LogP contribution in [0.4, 0.5) is 0 Å². The van der Waals surface area contributed by atoms with Gasteiger partial charge in [0.1, 0.15) is 0 Å². The normalized spacial score (nSPS) is 29.5. The first-order chi connectivity index (χ1) is 6.77. The van der Waals surface area contributed by atoms with Crippen LogP contribution in [-0.4, -0.2) is 54.0 Å². The largest absolute Gasteiger partial charge is 0.332 e. The average Bonchev–Trinajstić information content (AvgIpc) is 2.69. The number of thioether (sulfide) groups is 1. The van der Waals surface area contributed by atoms with Gasteiger partial charge >= 0.3 is 0 Å². The van der Waals surface area contributed by atoms with E-state index in [9.17, 15) is 4.79 Å². The number of carbonyl (C=O) groups is 1. The minimum atomic E-state index is 0.271. The van der Waals surface area contributed by atoms with Crippen molar-refractivity contribution in [1.29, 1.82) is 0 Å². The lowest BCUT2D eigenvalue weighted by Gasteiger charge is -2.31. The van der Waals surface area contributed by atoms with Crippen molar-refractivity contribution >= 4 is 17.7 Å². The summed E-state index contributed by atoms with van der Waals surface area (Å²) < 4.78 is 0. The van der Waals surface area contributed by atoms with Crippen molar-refractivity contribution in [2.45, 2.75) is 12.8 Å². The zero-order chi connectivity index (χ0) is 9.97. The SMILES string of the molecule is CN1CCCC(C(=O)N2CCSC2)C1. The maximum atomic E-state index is 12.0. The molecule has 2 aliphatic rings. The van der Waals surface area contributed by atoms with Crippen LogP contribution in [0, 0.1) is 5.92 Å². The van der Waals surface area contributed by atoms with Crippen LogP contribution in [-0.2, 0) is 4.79 Å². The summed E-state index contributed by atoms with van der Waals surface area (Å²) in [6.07, 6.45) is 2.26. The van der Waals surface area contributed by atoms with Crippen LogP contribution in [0.3, 0.4) is 0 Å². The lowest BCUT2D eigenvalue weighted by molar-refractivity contribution is -0.135. The fourth-order valence-corrected chi connectivity index (χ4v) is 3.17. The molecule has 0 aliphatic carbocycles. The molecule has 1 amide bonds. The number of piperidine rings is 1. The van der Waals surface area contributed by atoms with E-state index in [1.807, 2.05) is 16.7 Å². The van der Waals surface area contributed by atoms with Crippen molar-refractivity contribution in [2.75, 3.05) is 38.3 Å². The van der Waals surface area contributed by atoms with Crippen LogP contribution < -0.4 is 0 Å². The van der Waals surface area contributed by atoms with Gasteiger partial charge in [0, 0.05) is 18.8 Å². The van der Waals surface area contributed by atoms with Gasteiger partial charge in [0.05, 0.1) is 11.8 Å². The van der Waals surface area contributed by atoms with Crippen LogP contribution in [0.5, 0.6) is 0 Å². The highest BCUT2D eigenvalue weighted by atomic mass is 32.2. The quantitative estimate of drug-likeness (QED) is 0.647. The molecule has 2 rings (SSSR count). The third kappa shape index (κ3) is 2.23. The topological polar surface area (TPSA) is 23.6 Å². The average molecular weight is 214 g/mol. The monoisotopic (exact) mass is 214 g/mol. The Labute approximate surface area is 89.8 Å². The van der Waals surface area contributed by atoms with E-state index >= 15 is 0 Å². The highest BCUT2D eigenvalue weighted by Gasteiger charge is 2.29. The summed E-state index contributed by atoms with van der Waals surface area (Å²) in [4.78, 5) is 16.3. The fraction of sp³-hybridized carbons (Fsp3) is 0.900. The number of rotatable bonds is 1. The van der Waals surface area contributed by atoms with Gasteiger partial charge in [-0.3, -0.25) is 4.79 Å². The van der Waals surface area contributed by atoms with E-state index in [0.29, 0.717) is 5.91 Å². The zero-order valence-electron chi connectivity index (χ0n) is 8.74. The van der Waals surface area contributed by atoms with E-state index in [1.165, 1.54) is 6.42 Å². The summed E-state index contributed by atoms with van der Waals surface area (Å²) in [6, 6.07) is 0. The molecule has 1 unspecified atom stereocenters. The van der Waals surface area contributed by atoms with Crippen molar-refractivity contribution in [3.8, 4) is 0 Å². The first-order valence-electron chi connectivity index (χ1n) is 5.32. The van der Waals surface area contributed by atoms with Crippen molar-refractivity contribution in [1.82, 2.24) is 9.80 Å². The molecular weight excluding hydrogens is 196 g/mol. The van der Waals surface area contributed by atoms with E-state index < -0.39 is 0 Å². The third-order valence-electron chi connectivity index (χ3n) is 3.04. The summed E-state index contributed by atoms with van der Waals surface area (Å²) in [5, 5.41) is 0. The van der Waals surface area contributed by atoms with E-state index in [-0.39, 0.29) is 5.92 Å². The number of hydrogen-bond donors (Lipinski definition) is 0. The van der Waals surface area contributed by atoms with Gasteiger partial charge in [0.2, 0.25) is 5.91 Å². The molecule has 0 N–H and O–H groups in total. The molecular formula is C10H18N2OS. The Bertz CT molecular complexity index is 216. The third-order valence-corrected chi connectivity index (χ3v) is 4.00. The molecule has 4 heteroatoms. The van der Waals surface area contributed by atoms with Crippen LogP contribution in [0.2, 0.25) is 0 Å². The molecule has 0 aromatic heterocycles.